The summed E-state index contributed by atoms with van der Waals surface area (Å²) in [5, 5.41) is 3.74. The van der Waals surface area contributed by atoms with Gasteiger partial charge in [-0.05, 0) is 12.1 Å². The predicted molar refractivity (Wildman–Crippen MR) is 114 cm³/mol. The topological polar surface area (TPSA) is 88.4 Å². The smallest absolute Gasteiger partial charge is 0.408 e. The number of carbonyl (C=O) groups excluding carboxylic acids is 1. The van der Waals surface area contributed by atoms with Crippen LogP contribution in [0.4, 0.5) is 13.2 Å². The Balaban J connectivity index is 0.00000187. The van der Waals surface area contributed by atoms with E-state index in [1.165, 1.54) is 37.8 Å². The van der Waals surface area contributed by atoms with Crippen molar-refractivity contribution in [3.63, 3.8) is 0 Å². The number of carbonyl (C=O) groups is 1. The number of hydrogen-bond acceptors (Lipinski definition) is 7. The molecule has 0 aliphatic heterocycles. The second-order valence-corrected chi connectivity index (χ2v) is 6.31. The molecule has 0 spiro atoms. The van der Waals surface area contributed by atoms with E-state index in [4.69, 9.17) is 14.2 Å². The number of nitrogens with zero attached hydrogens (tertiary/aromatic N) is 4. The Kier molecular flexibility index (Phi) is 9.80. The standard InChI is InChI=1S/C20H19F3N4O4.C2H6/c1-29-7-8-30-18-9-15(11-28)17(10-25-18)31-12-14-3-2-5-24-19(14)16-4-6-26-27(16)13-20(21,22)23;1-2/h2-6,9-11H,7-8,12-13H2,1H3;1-2H3. The molecule has 11 heteroatoms. The Hall–Kier alpha value is -3.47. The molecule has 0 unspecified atom stereocenters. The second kappa shape index (κ2) is 12.5. The highest BCUT2D eigenvalue weighted by atomic mass is 19.4. The molecule has 3 heterocycles. The fourth-order valence-electron chi connectivity index (χ4n) is 2.73. The lowest BCUT2D eigenvalue weighted by molar-refractivity contribution is -0.142. The van der Waals surface area contributed by atoms with E-state index in [0.717, 1.165) is 4.68 Å². The van der Waals surface area contributed by atoms with E-state index in [0.29, 0.717) is 24.2 Å². The summed E-state index contributed by atoms with van der Waals surface area (Å²) in [7, 11) is 1.54. The van der Waals surface area contributed by atoms with Crippen LogP contribution in [0.25, 0.3) is 11.4 Å². The van der Waals surface area contributed by atoms with Crippen molar-refractivity contribution in [2.45, 2.75) is 33.2 Å². The summed E-state index contributed by atoms with van der Waals surface area (Å²) < 4.78 is 55.3. The number of aromatic nitrogens is 4. The number of ether oxygens (including phenoxy) is 3. The van der Waals surface area contributed by atoms with Gasteiger partial charge in [0.05, 0.1) is 29.8 Å². The van der Waals surface area contributed by atoms with Crippen LogP contribution in [-0.2, 0) is 17.9 Å². The molecule has 3 aromatic rings. The van der Waals surface area contributed by atoms with E-state index in [9.17, 15) is 18.0 Å². The molecule has 0 saturated heterocycles. The third kappa shape index (κ3) is 7.56. The highest BCUT2D eigenvalue weighted by molar-refractivity contribution is 5.79. The van der Waals surface area contributed by atoms with Crippen LogP contribution in [0.5, 0.6) is 11.6 Å². The normalized spacial score (nSPS) is 10.8. The number of alkyl halides is 3. The lowest BCUT2D eigenvalue weighted by atomic mass is 10.1. The minimum Gasteiger partial charge on any atom is -0.486 e. The maximum Gasteiger partial charge on any atom is 0.408 e. The summed E-state index contributed by atoms with van der Waals surface area (Å²) in [5.41, 5.74) is 1.23. The van der Waals surface area contributed by atoms with Crippen LogP contribution in [-0.4, -0.2) is 52.5 Å². The van der Waals surface area contributed by atoms with Crippen molar-refractivity contribution in [1.82, 2.24) is 19.7 Å². The first-order valence-electron chi connectivity index (χ1n) is 10.1. The molecule has 3 aromatic heterocycles. The Morgan fingerprint density at radius 3 is 2.58 bits per heavy atom. The van der Waals surface area contributed by atoms with Crippen molar-refractivity contribution in [2.24, 2.45) is 0 Å². The van der Waals surface area contributed by atoms with E-state index in [1.807, 2.05) is 13.8 Å². The largest absolute Gasteiger partial charge is 0.486 e. The molecule has 0 atom stereocenters. The van der Waals surface area contributed by atoms with Crippen LogP contribution < -0.4 is 9.47 Å². The molecule has 0 bridgehead atoms. The van der Waals surface area contributed by atoms with Gasteiger partial charge in [-0.25, -0.2) is 4.98 Å². The molecule has 8 nitrogen and oxygen atoms in total. The third-order valence-corrected chi connectivity index (χ3v) is 4.10. The molecular weight excluding hydrogens is 441 g/mol. The fraction of sp³-hybridized carbons (Fsp3) is 0.364. The average Bonchev–Trinajstić information content (AvgIpc) is 3.26. The Labute approximate surface area is 189 Å². The summed E-state index contributed by atoms with van der Waals surface area (Å²) >= 11 is 0. The monoisotopic (exact) mass is 466 g/mol. The second-order valence-electron chi connectivity index (χ2n) is 6.31. The molecule has 0 fully saturated rings. The van der Waals surface area contributed by atoms with Crippen LogP contribution in [0.2, 0.25) is 0 Å². The molecule has 0 N–H and O–H groups in total. The minimum atomic E-state index is -4.43. The number of halogens is 3. The SMILES string of the molecule is CC.COCCOc1cc(C=O)c(OCc2cccnc2-c2ccnn2CC(F)(F)F)cn1. The van der Waals surface area contributed by atoms with Gasteiger partial charge in [-0.15, -0.1) is 0 Å². The van der Waals surface area contributed by atoms with Crippen molar-refractivity contribution in [3.05, 3.63) is 54.0 Å². The summed E-state index contributed by atoms with van der Waals surface area (Å²) in [6.45, 7) is 3.35. The summed E-state index contributed by atoms with van der Waals surface area (Å²) in [6.07, 6.45) is 0.258. The van der Waals surface area contributed by atoms with Crippen LogP contribution in [0.3, 0.4) is 0 Å². The summed E-state index contributed by atoms with van der Waals surface area (Å²) in [5.74, 6) is 0.442. The Morgan fingerprint density at radius 2 is 1.88 bits per heavy atom. The third-order valence-electron chi connectivity index (χ3n) is 4.10. The van der Waals surface area contributed by atoms with Gasteiger partial charge in [0.15, 0.2) is 6.29 Å². The number of hydrogen-bond donors (Lipinski definition) is 0. The summed E-state index contributed by atoms with van der Waals surface area (Å²) in [4.78, 5) is 19.7. The number of pyridine rings is 2. The summed E-state index contributed by atoms with van der Waals surface area (Å²) in [6, 6.07) is 6.18. The lowest BCUT2D eigenvalue weighted by Gasteiger charge is -2.14. The van der Waals surface area contributed by atoms with Gasteiger partial charge in [0.25, 0.3) is 0 Å². The van der Waals surface area contributed by atoms with Crippen LogP contribution in [0.15, 0.2) is 42.9 Å². The Bertz CT molecular complexity index is 1020. The van der Waals surface area contributed by atoms with Crippen LogP contribution in [0.1, 0.15) is 29.8 Å². The highest BCUT2D eigenvalue weighted by Crippen LogP contribution is 2.27. The maximum atomic E-state index is 12.8. The number of rotatable bonds is 10. The quantitative estimate of drug-likeness (QED) is 0.324. The zero-order chi connectivity index (χ0) is 24.3. The minimum absolute atomic E-state index is 0.0488. The molecule has 0 amide bonds. The van der Waals surface area contributed by atoms with E-state index in [2.05, 4.69) is 15.1 Å². The van der Waals surface area contributed by atoms with E-state index in [1.54, 1.807) is 12.1 Å². The van der Waals surface area contributed by atoms with Gasteiger partial charge in [0.1, 0.15) is 25.5 Å². The molecule has 0 aliphatic rings. The molecule has 0 saturated carbocycles. The zero-order valence-corrected chi connectivity index (χ0v) is 18.5. The van der Waals surface area contributed by atoms with Gasteiger partial charge in [0.2, 0.25) is 5.88 Å². The molecule has 3 rings (SSSR count). The van der Waals surface area contributed by atoms with Gasteiger partial charge in [-0.3, -0.25) is 14.5 Å². The van der Waals surface area contributed by atoms with Crippen LogP contribution in [0, 0.1) is 0 Å². The molecule has 0 aliphatic carbocycles. The van der Waals surface area contributed by atoms with E-state index in [-0.39, 0.29) is 36.1 Å². The van der Waals surface area contributed by atoms with Gasteiger partial charge < -0.3 is 14.2 Å². The first-order chi connectivity index (χ1) is 15.9. The molecule has 178 valence electrons. The molecule has 0 aromatic carbocycles. The number of methoxy groups -OCH3 is 1. The lowest BCUT2D eigenvalue weighted by Crippen LogP contribution is -2.19. The predicted octanol–water partition coefficient (Wildman–Crippen LogP) is 4.35. The van der Waals surface area contributed by atoms with Crippen molar-refractivity contribution in [1.29, 1.82) is 0 Å². The van der Waals surface area contributed by atoms with E-state index >= 15 is 0 Å². The number of aldehydes is 1. The van der Waals surface area contributed by atoms with Gasteiger partial charge >= 0.3 is 6.18 Å². The zero-order valence-electron chi connectivity index (χ0n) is 18.5. The average molecular weight is 466 g/mol. The first-order valence-corrected chi connectivity index (χ1v) is 10.1. The fourth-order valence-corrected chi connectivity index (χ4v) is 2.73. The van der Waals surface area contributed by atoms with Crippen molar-refractivity contribution in [3.8, 4) is 23.0 Å². The molecular formula is C22H25F3N4O4. The van der Waals surface area contributed by atoms with Crippen molar-refractivity contribution < 1.29 is 32.2 Å². The van der Waals surface area contributed by atoms with Crippen molar-refractivity contribution in [2.75, 3.05) is 20.3 Å². The molecule has 0 radical (unpaired) electrons. The molecule has 33 heavy (non-hydrogen) atoms. The first kappa shape index (κ1) is 25.8. The van der Waals surface area contributed by atoms with E-state index < -0.39 is 12.7 Å². The van der Waals surface area contributed by atoms with Gasteiger partial charge in [0, 0.05) is 31.1 Å². The highest BCUT2D eigenvalue weighted by Gasteiger charge is 2.30. The Morgan fingerprint density at radius 1 is 1.09 bits per heavy atom. The van der Waals surface area contributed by atoms with Crippen molar-refractivity contribution >= 4 is 6.29 Å². The van der Waals surface area contributed by atoms with Crippen LogP contribution >= 0.6 is 0 Å². The van der Waals surface area contributed by atoms with Gasteiger partial charge in [-0.2, -0.15) is 18.3 Å². The van der Waals surface area contributed by atoms with Gasteiger partial charge in [-0.1, -0.05) is 19.9 Å². The maximum absolute atomic E-state index is 12.8.